The normalized spacial score (nSPS) is 16.9. The molecule has 2 heterocycles. The van der Waals surface area contributed by atoms with Crippen molar-refractivity contribution in [3.8, 4) is 5.88 Å². The molecule has 1 aromatic heterocycles. The molecule has 0 spiro atoms. The van der Waals surface area contributed by atoms with Gasteiger partial charge in [-0.1, -0.05) is 6.07 Å². The summed E-state index contributed by atoms with van der Waals surface area (Å²) in [7, 11) is 0. The molecule has 6 heteroatoms. The lowest BCUT2D eigenvalue weighted by Gasteiger charge is -2.22. The molecular weight excluding hydrogens is 293 g/mol. The number of piperidine rings is 1. The van der Waals surface area contributed by atoms with Gasteiger partial charge in [0, 0.05) is 17.0 Å². The second kappa shape index (κ2) is 6.12. The van der Waals surface area contributed by atoms with Crippen LogP contribution in [0.15, 0.2) is 30.5 Å². The van der Waals surface area contributed by atoms with Crippen LogP contribution in [0.3, 0.4) is 0 Å². The highest BCUT2D eigenvalue weighted by Crippen LogP contribution is 2.36. The molecule has 1 aliphatic rings. The van der Waals surface area contributed by atoms with Crippen molar-refractivity contribution in [3.05, 3.63) is 36.0 Å². The quantitative estimate of drug-likeness (QED) is 0.940. The van der Waals surface area contributed by atoms with Crippen molar-refractivity contribution in [2.45, 2.75) is 19.0 Å². The van der Waals surface area contributed by atoms with Crippen LogP contribution in [0.4, 0.5) is 13.2 Å². The minimum atomic E-state index is -4.38. The van der Waals surface area contributed by atoms with Gasteiger partial charge < -0.3 is 10.1 Å². The summed E-state index contributed by atoms with van der Waals surface area (Å²) in [4.78, 5) is 4.11. The molecule has 0 saturated carbocycles. The summed E-state index contributed by atoms with van der Waals surface area (Å²) < 4.78 is 44.9. The zero-order chi connectivity index (χ0) is 15.6. The number of rotatable bonds is 3. The highest BCUT2D eigenvalue weighted by molar-refractivity contribution is 5.89. The molecule has 3 rings (SSSR count). The molecule has 0 atom stereocenters. The van der Waals surface area contributed by atoms with Gasteiger partial charge in [0.05, 0.1) is 12.2 Å². The Morgan fingerprint density at radius 3 is 2.64 bits per heavy atom. The van der Waals surface area contributed by atoms with Crippen molar-refractivity contribution in [2.24, 2.45) is 5.92 Å². The lowest BCUT2D eigenvalue weighted by Crippen LogP contribution is -2.30. The first kappa shape index (κ1) is 15.1. The average Bonchev–Trinajstić information content (AvgIpc) is 2.52. The molecule has 0 bridgehead atoms. The van der Waals surface area contributed by atoms with Crippen LogP contribution in [0.2, 0.25) is 0 Å². The number of ether oxygens (including phenoxy) is 1. The maximum Gasteiger partial charge on any atom is 0.417 e. The highest BCUT2D eigenvalue weighted by atomic mass is 19.4. The van der Waals surface area contributed by atoms with Crippen LogP contribution in [0.5, 0.6) is 5.88 Å². The molecule has 0 aliphatic carbocycles. The topological polar surface area (TPSA) is 34.1 Å². The first-order valence-corrected chi connectivity index (χ1v) is 7.34. The Hall–Kier alpha value is -1.82. The minimum Gasteiger partial charge on any atom is -0.477 e. The third-order valence-electron chi connectivity index (χ3n) is 3.99. The number of halogens is 3. The third kappa shape index (κ3) is 3.16. The summed E-state index contributed by atoms with van der Waals surface area (Å²) in [5, 5.41) is 3.81. The van der Waals surface area contributed by atoms with E-state index in [0.717, 1.165) is 32.0 Å². The van der Waals surface area contributed by atoms with Crippen LogP contribution >= 0.6 is 0 Å². The van der Waals surface area contributed by atoms with Gasteiger partial charge in [-0.05, 0) is 50.0 Å². The van der Waals surface area contributed by atoms with E-state index in [1.807, 2.05) is 0 Å². The standard InChI is InChI=1S/C16H17F3N2O/c17-16(18,19)14-3-1-2-13-12(14)6-9-21-15(13)22-10-11-4-7-20-8-5-11/h1-3,6,9,11,20H,4-5,7-8,10H2. The van der Waals surface area contributed by atoms with Crippen molar-refractivity contribution < 1.29 is 17.9 Å². The van der Waals surface area contributed by atoms with Crippen molar-refractivity contribution in [3.63, 3.8) is 0 Å². The Labute approximate surface area is 126 Å². The number of fused-ring (bicyclic) bond motifs is 1. The SMILES string of the molecule is FC(F)(F)c1cccc2c(OCC3CCNCC3)nccc12. The maximum atomic E-state index is 13.1. The van der Waals surface area contributed by atoms with Gasteiger partial charge in [-0.2, -0.15) is 13.2 Å². The molecular formula is C16H17F3N2O. The van der Waals surface area contributed by atoms with Gasteiger partial charge in [-0.3, -0.25) is 0 Å². The van der Waals surface area contributed by atoms with E-state index in [4.69, 9.17) is 4.74 Å². The summed E-state index contributed by atoms with van der Waals surface area (Å²) in [5.74, 6) is 0.700. The van der Waals surface area contributed by atoms with Gasteiger partial charge in [-0.25, -0.2) is 4.98 Å². The number of alkyl halides is 3. The van der Waals surface area contributed by atoms with Crippen molar-refractivity contribution in [2.75, 3.05) is 19.7 Å². The first-order chi connectivity index (χ1) is 10.6. The lowest BCUT2D eigenvalue weighted by molar-refractivity contribution is -0.136. The molecule has 1 fully saturated rings. The van der Waals surface area contributed by atoms with E-state index in [9.17, 15) is 13.2 Å². The Kier molecular flexibility index (Phi) is 4.20. The second-order valence-corrected chi connectivity index (χ2v) is 5.52. The van der Waals surface area contributed by atoms with Crippen LogP contribution in [0.1, 0.15) is 18.4 Å². The Bertz CT molecular complexity index is 651. The van der Waals surface area contributed by atoms with Gasteiger partial charge in [0.25, 0.3) is 0 Å². The average molecular weight is 310 g/mol. The number of pyridine rings is 1. The molecule has 118 valence electrons. The van der Waals surface area contributed by atoms with Gasteiger partial charge >= 0.3 is 6.18 Å². The molecule has 3 nitrogen and oxygen atoms in total. The zero-order valence-corrected chi connectivity index (χ0v) is 12.0. The van der Waals surface area contributed by atoms with Crippen molar-refractivity contribution >= 4 is 10.8 Å². The van der Waals surface area contributed by atoms with E-state index in [1.165, 1.54) is 18.3 Å². The molecule has 0 amide bonds. The van der Waals surface area contributed by atoms with Gasteiger partial charge in [0.15, 0.2) is 0 Å². The van der Waals surface area contributed by atoms with Gasteiger partial charge in [0.1, 0.15) is 0 Å². The number of hydrogen-bond donors (Lipinski definition) is 1. The summed E-state index contributed by atoms with van der Waals surface area (Å²) in [6, 6.07) is 5.48. The Morgan fingerprint density at radius 2 is 1.91 bits per heavy atom. The van der Waals surface area contributed by atoms with E-state index < -0.39 is 11.7 Å². The fourth-order valence-electron chi connectivity index (χ4n) is 2.79. The van der Waals surface area contributed by atoms with Gasteiger partial charge in [0.2, 0.25) is 5.88 Å². The number of nitrogens with one attached hydrogen (secondary N) is 1. The van der Waals surface area contributed by atoms with Crippen molar-refractivity contribution in [1.82, 2.24) is 10.3 Å². The zero-order valence-electron chi connectivity index (χ0n) is 12.0. The first-order valence-electron chi connectivity index (χ1n) is 7.34. The summed E-state index contributed by atoms with van der Waals surface area (Å²) in [6.45, 7) is 2.40. The molecule has 1 N–H and O–H groups in total. The molecule has 2 aromatic rings. The summed E-state index contributed by atoms with van der Waals surface area (Å²) >= 11 is 0. The molecule has 1 aliphatic heterocycles. The van der Waals surface area contributed by atoms with Crippen LogP contribution in [0.25, 0.3) is 10.8 Å². The van der Waals surface area contributed by atoms with E-state index in [1.54, 1.807) is 6.07 Å². The molecule has 0 unspecified atom stereocenters. The van der Waals surface area contributed by atoms with Crippen LogP contribution < -0.4 is 10.1 Å². The van der Waals surface area contributed by atoms with E-state index in [0.29, 0.717) is 17.9 Å². The van der Waals surface area contributed by atoms with E-state index >= 15 is 0 Å². The number of hydrogen-bond acceptors (Lipinski definition) is 3. The largest absolute Gasteiger partial charge is 0.477 e. The van der Waals surface area contributed by atoms with Crippen LogP contribution in [0, 0.1) is 5.92 Å². The fourth-order valence-corrected chi connectivity index (χ4v) is 2.79. The van der Waals surface area contributed by atoms with E-state index in [-0.39, 0.29) is 11.3 Å². The van der Waals surface area contributed by atoms with E-state index in [2.05, 4.69) is 10.3 Å². The minimum absolute atomic E-state index is 0.130. The monoisotopic (exact) mass is 310 g/mol. The predicted molar refractivity (Wildman–Crippen MR) is 77.8 cm³/mol. The third-order valence-corrected chi connectivity index (χ3v) is 3.99. The number of nitrogens with zero attached hydrogens (tertiary/aromatic N) is 1. The highest BCUT2D eigenvalue weighted by Gasteiger charge is 2.32. The fraction of sp³-hybridized carbons (Fsp3) is 0.438. The second-order valence-electron chi connectivity index (χ2n) is 5.52. The number of aromatic nitrogens is 1. The molecule has 1 saturated heterocycles. The molecule has 1 aromatic carbocycles. The number of benzene rings is 1. The smallest absolute Gasteiger partial charge is 0.417 e. The Balaban J connectivity index is 1.87. The van der Waals surface area contributed by atoms with Gasteiger partial charge in [-0.15, -0.1) is 0 Å². The van der Waals surface area contributed by atoms with Crippen LogP contribution in [-0.4, -0.2) is 24.7 Å². The summed E-state index contributed by atoms with van der Waals surface area (Å²) in [6.07, 6.45) is -0.986. The lowest BCUT2D eigenvalue weighted by atomic mass is 9.99. The molecule has 22 heavy (non-hydrogen) atoms. The predicted octanol–water partition coefficient (Wildman–Crippen LogP) is 3.63. The van der Waals surface area contributed by atoms with Crippen molar-refractivity contribution in [1.29, 1.82) is 0 Å². The van der Waals surface area contributed by atoms with Crippen LogP contribution in [-0.2, 0) is 6.18 Å². The molecule has 0 radical (unpaired) electrons. The Morgan fingerprint density at radius 1 is 1.14 bits per heavy atom. The summed E-state index contributed by atoms with van der Waals surface area (Å²) in [5.41, 5.74) is -0.654. The maximum absolute atomic E-state index is 13.1.